The third kappa shape index (κ3) is 1.40. The lowest BCUT2D eigenvalue weighted by Gasteiger charge is -2.20. The molecular weight excluding hydrogens is 208 g/mol. The second-order valence-corrected chi connectivity index (χ2v) is 4.68. The zero-order valence-electron chi connectivity index (χ0n) is 8.56. The van der Waals surface area contributed by atoms with E-state index >= 15 is 0 Å². The summed E-state index contributed by atoms with van der Waals surface area (Å²) in [5.74, 6) is 2.06. The first-order valence-corrected chi connectivity index (χ1v) is 5.84. The van der Waals surface area contributed by atoms with Gasteiger partial charge in [-0.05, 0) is 36.6 Å². The summed E-state index contributed by atoms with van der Waals surface area (Å²) >= 11 is 1.77. The lowest BCUT2D eigenvalue weighted by Crippen LogP contribution is -2.26. The van der Waals surface area contributed by atoms with Crippen LogP contribution in [0.3, 0.4) is 0 Å². The highest BCUT2D eigenvalue weighted by Gasteiger charge is 2.28. The molecule has 15 heavy (non-hydrogen) atoms. The Labute approximate surface area is 93.3 Å². The van der Waals surface area contributed by atoms with Crippen LogP contribution in [-0.2, 0) is 0 Å². The number of amidine groups is 1. The van der Waals surface area contributed by atoms with Gasteiger partial charge in [-0.25, -0.2) is 0 Å². The smallest absolute Gasteiger partial charge is 0.142 e. The van der Waals surface area contributed by atoms with Gasteiger partial charge in [0.2, 0.25) is 0 Å². The number of hydrogen-bond acceptors (Lipinski definition) is 4. The highest BCUT2D eigenvalue weighted by Crippen LogP contribution is 2.39. The molecule has 0 aliphatic carbocycles. The minimum Gasteiger partial charge on any atom is -0.497 e. The fourth-order valence-corrected chi connectivity index (χ4v) is 3.03. The van der Waals surface area contributed by atoms with Crippen LogP contribution in [0.5, 0.6) is 5.75 Å². The second kappa shape index (κ2) is 3.45. The summed E-state index contributed by atoms with van der Waals surface area (Å²) in [4.78, 5) is 5.83. The summed E-state index contributed by atoms with van der Waals surface area (Å²) in [6.07, 6.45) is 1.15. The van der Waals surface area contributed by atoms with Crippen molar-refractivity contribution in [3.8, 4) is 5.75 Å². The highest BCUT2D eigenvalue weighted by atomic mass is 32.2. The Morgan fingerprint density at radius 3 is 3.27 bits per heavy atom. The molecule has 0 unspecified atom stereocenters. The number of benzene rings is 1. The fourth-order valence-electron chi connectivity index (χ4n) is 1.90. The van der Waals surface area contributed by atoms with Crippen molar-refractivity contribution in [2.75, 3.05) is 20.2 Å². The lowest BCUT2D eigenvalue weighted by atomic mass is 10.2. The Hall–Kier alpha value is -1.16. The predicted octanol–water partition coefficient (Wildman–Crippen LogP) is 2.17. The fraction of sp³-hybridized carbons (Fsp3) is 0.364. The van der Waals surface area contributed by atoms with Crippen LogP contribution in [0.15, 0.2) is 28.1 Å². The molecule has 2 aliphatic rings. The average molecular weight is 220 g/mol. The Kier molecular flexibility index (Phi) is 2.09. The number of rotatable bonds is 1. The van der Waals surface area contributed by atoms with Gasteiger partial charge < -0.3 is 4.74 Å². The van der Waals surface area contributed by atoms with E-state index in [-0.39, 0.29) is 0 Å². The molecule has 1 aromatic carbocycles. The summed E-state index contributed by atoms with van der Waals surface area (Å²) in [6, 6.07) is 6.19. The summed E-state index contributed by atoms with van der Waals surface area (Å²) in [7, 11) is 1.70. The molecule has 0 fully saturated rings. The molecule has 0 N–H and O–H groups in total. The number of nitrogens with zero attached hydrogens (tertiary/aromatic N) is 2. The first-order chi connectivity index (χ1) is 7.38. The van der Waals surface area contributed by atoms with Gasteiger partial charge in [0.25, 0.3) is 0 Å². The molecule has 0 amide bonds. The van der Waals surface area contributed by atoms with Crippen molar-refractivity contribution in [3.05, 3.63) is 23.8 Å². The molecule has 2 aliphatic heterocycles. The second-order valence-electron chi connectivity index (χ2n) is 3.61. The van der Waals surface area contributed by atoms with Crippen LogP contribution >= 0.6 is 11.9 Å². The van der Waals surface area contributed by atoms with Gasteiger partial charge in [0.15, 0.2) is 0 Å². The van der Waals surface area contributed by atoms with Gasteiger partial charge in [-0.15, -0.1) is 0 Å². The maximum Gasteiger partial charge on any atom is 0.142 e. The molecule has 0 saturated heterocycles. The van der Waals surface area contributed by atoms with E-state index in [9.17, 15) is 0 Å². The average Bonchev–Trinajstić information content (AvgIpc) is 2.66. The van der Waals surface area contributed by atoms with Crippen LogP contribution < -0.4 is 4.74 Å². The quantitative estimate of drug-likeness (QED) is 0.678. The molecule has 0 spiro atoms. The zero-order valence-corrected chi connectivity index (χ0v) is 9.38. The van der Waals surface area contributed by atoms with E-state index in [0.717, 1.165) is 31.1 Å². The molecule has 4 heteroatoms. The lowest BCUT2D eigenvalue weighted by molar-refractivity contribution is 0.413. The molecule has 0 saturated carbocycles. The Morgan fingerprint density at radius 1 is 1.47 bits per heavy atom. The maximum atomic E-state index is 5.22. The van der Waals surface area contributed by atoms with E-state index in [4.69, 9.17) is 4.74 Å². The number of aliphatic imine (C=N–C) groups is 1. The topological polar surface area (TPSA) is 24.8 Å². The molecule has 0 radical (unpaired) electrons. The van der Waals surface area contributed by atoms with Crippen LogP contribution in [0.4, 0.5) is 0 Å². The number of methoxy groups -OCH3 is 1. The molecule has 0 bridgehead atoms. The molecular formula is C11H12N2OS. The Morgan fingerprint density at radius 2 is 2.40 bits per heavy atom. The normalized spacial score (nSPS) is 18.2. The zero-order chi connectivity index (χ0) is 10.3. The van der Waals surface area contributed by atoms with Crippen molar-refractivity contribution < 1.29 is 4.74 Å². The van der Waals surface area contributed by atoms with Gasteiger partial charge in [-0.1, -0.05) is 0 Å². The minimum atomic E-state index is 0.918. The van der Waals surface area contributed by atoms with Gasteiger partial charge in [0.1, 0.15) is 11.6 Å². The Bertz CT molecular complexity index is 431. The predicted molar refractivity (Wildman–Crippen MR) is 61.6 cm³/mol. The van der Waals surface area contributed by atoms with Gasteiger partial charge in [0.05, 0.1) is 7.11 Å². The van der Waals surface area contributed by atoms with Gasteiger partial charge in [-0.2, -0.15) is 0 Å². The van der Waals surface area contributed by atoms with Crippen molar-refractivity contribution in [1.29, 1.82) is 0 Å². The van der Waals surface area contributed by atoms with Crippen LogP contribution in [0.25, 0.3) is 0 Å². The van der Waals surface area contributed by atoms with Crippen LogP contribution in [0, 0.1) is 0 Å². The van der Waals surface area contributed by atoms with E-state index in [1.807, 2.05) is 6.07 Å². The third-order valence-electron chi connectivity index (χ3n) is 2.66. The molecule has 3 rings (SSSR count). The molecule has 0 atom stereocenters. The van der Waals surface area contributed by atoms with Crippen molar-refractivity contribution >= 4 is 17.8 Å². The van der Waals surface area contributed by atoms with Gasteiger partial charge in [-0.3, -0.25) is 9.30 Å². The number of hydrogen-bond donors (Lipinski definition) is 0. The SMILES string of the molecule is COc1ccc2c(c1)SN1CCCN=C21. The van der Waals surface area contributed by atoms with Crippen molar-refractivity contribution in [3.63, 3.8) is 0 Å². The summed E-state index contributed by atoms with van der Waals surface area (Å²) in [5.41, 5.74) is 1.25. The van der Waals surface area contributed by atoms with Gasteiger partial charge in [0, 0.05) is 23.5 Å². The minimum absolute atomic E-state index is 0.918. The first kappa shape index (κ1) is 9.09. The van der Waals surface area contributed by atoms with Crippen molar-refractivity contribution in [1.82, 2.24) is 4.31 Å². The monoisotopic (exact) mass is 220 g/mol. The van der Waals surface area contributed by atoms with Crippen molar-refractivity contribution in [2.24, 2.45) is 4.99 Å². The summed E-state index contributed by atoms with van der Waals surface area (Å²) < 4.78 is 7.49. The van der Waals surface area contributed by atoms with Crippen LogP contribution in [0.2, 0.25) is 0 Å². The van der Waals surface area contributed by atoms with E-state index in [0.29, 0.717) is 0 Å². The Balaban J connectivity index is 2.06. The molecule has 0 aromatic heterocycles. The number of ether oxygens (including phenoxy) is 1. The van der Waals surface area contributed by atoms with E-state index in [1.165, 1.54) is 10.5 Å². The number of fused-ring (bicyclic) bond motifs is 3. The van der Waals surface area contributed by atoms with E-state index < -0.39 is 0 Å². The van der Waals surface area contributed by atoms with Crippen LogP contribution in [-0.4, -0.2) is 30.3 Å². The van der Waals surface area contributed by atoms with E-state index in [1.54, 1.807) is 19.1 Å². The third-order valence-corrected chi connectivity index (χ3v) is 3.77. The molecule has 1 aromatic rings. The summed E-state index contributed by atoms with van der Waals surface area (Å²) in [5, 5.41) is 0. The summed E-state index contributed by atoms with van der Waals surface area (Å²) in [6.45, 7) is 2.05. The molecule has 3 nitrogen and oxygen atoms in total. The van der Waals surface area contributed by atoms with Crippen LogP contribution in [0.1, 0.15) is 12.0 Å². The largest absolute Gasteiger partial charge is 0.497 e. The molecule has 2 heterocycles. The standard InChI is InChI=1S/C11H12N2OS/c1-14-8-3-4-9-10(7-8)15-13-6-2-5-12-11(9)13/h3-4,7H,2,5-6H2,1H3. The molecule has 78 valence electrons. The highest BCUT2D eigenvalue weighted by molar-refractivity contribution is 7.98. The first-order valence-electron chi connectivity index (χ1n) is 5.07. The van der Waals surface area contributed by atoms with Gasteiger partial charge >= 0.3 is 0 Å². The van der Waals surface area contributed by atoms with E-state index in [2.05, 4.69) is 21.4 Å². The maximum absolute atomic E-state index is 5.22. The van der Waals surface area contributed by atoms with Crippen molar-refractivity contribution in [2.45, 2.75) is 11.3 Å².